The number of carboxylic acids is 1. The molecule has 0 saturated carbocycles. The van der Waals surface area contributed by atoms with Crippen molar-refractivity contribution in [1.82, 2.24) is 0 Å². The monoisotopic (exact) mass is 296 g/mol. The number of nitro groups is 1. The Kier molecular flexibility index (Phi) is 5.95. The number of carboxylic acid groups (broad SMARTS) is 1. The molecule has 0 bridgehead atoms. The molecule has 1 aromatic carbocycles. The van der Waals surface area contributed by atoms with E-state index in [1.54, 1.807) is 30.0 Å². The standard InChI is InChI=1S/C14H20N2O5/c1-4-21-12-7-5-6-11(14(12)16(19)20)15(10(2)3)9-8-13(17)18/h5-7,10H,4,8-9H2,1-3H3,(H,17,18). The summed E-state index contributed by atoms with van der Waals surface area (Å²) in [6, 6.07) is 4.76. The summed E-state index contributed by atoms with van der Waals surface area (Å²) in [5.41, 5.74) is 0.251. The molecule has 1 aromatic rings. The first-order valence-electron chi connectivity index (χ1n) is 6.77. The number of hydrogen-bond acceptors (Lipinski definition) is 5. The molecule has 0 spiro atoms. The van der Waals surface area contributed by atoms with E-state index in [4.69, 9.17) is 9.84 Å². The van der Waals surface area contributed by atoms with Crippen LogP contribution in [0.3, 0.4) is 0 Å². The molecule has 0 aromatic heterocycles. The molecule has 0 unspecified atom stereocenters. The molecular formula is C14H20N2O5. The van der Waals surface area contributed by atoms with Gasteiger partial charge in [0, 0.05) is 12.6 Å². The number of rotatable bonds is 8. The Labute approximate surface area is 123 Å². The van der Waals surface area contributed by atoms with E-state index in [1.807, 2.05) is 13.8 Å². The highest BCUT2D eigenvalue weighted by Crippen LogP contribution is 2.38. The van der Waals surface area contributed by atoms with Gasteiger partial charge in [-0.15, -0.1) is 0 Å². The largest absolute Gasteiger partial charge is 0.487 e. The van der Waals surface area contributed by atoms with Gasteiger partial charge in [0.25, 0.3) is 0 Å². The van der Waals surface area contributed by atoms with E-state index in [9.17, 15) is 14.9 Å². The zero-order valence-electron chi connectivity index (χ0n) is 12.4. The van der Waals surface area contributed by atoms with Crippen molar-refractivity contribution < 1.29 is 19.6 Å². The fraction of sp³-hybridized carbons (Fsp3) is 0.500. The molecular weight excluding hydrogens is 276 g/mol. The van der Waals surface area contributed by atoms with Gasteiger partial charge in [0.2, 0.25) is 0 Å². The summed E-state index contributed by atoms with van der Waals surface area (Å²) in [6.45, 7) is 5.99. The van der Waals surface area contributed by atoms with Crippen LogP contribution in [0.2, 0.25) is 0 Å². The SMILES string of the molecule is CCOc1cccc(N(CCC(=O)O)C(C)C)c1[N+](=O)[O-]. The van der Waals surface area contributed by atoms with Crippen molar-refractivity contribution in [1.29, 1.82) is 0 Å². The molecule has 7 nitrogen and oxygen atoms in total. The average molecular weight is 296 g/mol. The second-order valence-electron chi connectivity index (χ2n) is 4.74. The Morgan fingerprint density at radius 2 is 2.14 bits per heavy atom. The van der Waals surface area contributed by atoms with Gasteiger partial charge < -0.3 is 14.7 Å². The predicted octanol–water partition coefficient (Wildman–Crippen LogP) is 2.68. The van der Waals surface area contributed by atoms with Crippen molar-refractivity contribution >= 4 is 17.3 Å². The minimum atomic E-state index is -0.940. The first kappa shape index (κ1) is 16.7. The number of ether oxygens (including phenoxy) is 1. The maximum absolute atomic E-state index is 11.4. The Bertz CT molecular complexity index is 516. The smallest absolute Gasteiger partial charge is 0.333 e. The molecule has 1 rings (SSSR count). The van der Waals surface area contributed by atoms with Crippen molar-refractivity contribution in [3.63, 3.8) is 0 Å². The zero-order chi connectivity index (χ0) is 16.0. The summed E-state index contributed by atoms with van der Waals surface area (Å²) in [5, 5.41) is 20.2. The van der Waals surface area contributed by atoms with E-state index in [0.717, 1.165) is 0 Å². The van der Waals surface area contributed by atoms with Crippen LogP contribution in [0.15, 0.2) is 18.2 Å². The average Bonchev–Trinajstić information content (AvgIpc) is 2.38. The van der Waals surface area contributed by atoms with Crippen LogP contribution in [-0.4, -0.2) is 35.2 Å². The normalized spacial score (nSPS) is 10.5. The minimum absolute atomic E-state index is 0.0695. The van der Waals surface area contributed by atoms with E-state index >= 15 is 0 Å². The maximum atomic E-state index is 11.4. The fourth-order valence-corrected chi connectivity index (χ4v) is 2.07. The van der Waals surface area contributed by atoms with Crippen LogP contribution in [0.4, 0.5) is 11.4 Å². The predicted molar refractivity (Wildman–Crippen MR) is 79.0 cm³/mol. The van der Waals surface area contributed by atoms with Crippen LogP contribution in [0.1, 0.15) is 27.2 Å². The highest BCUT2D eigenvalue weighted by Gasteiger charge is 2.26. The molecule has 0 aliphatic rings. The third-order valence-electron chi connectivity index (χ3n) is 2.96. The van der Waals surface area contributed by atoms with Gasteiger partial charge in [-0.05, 0) is 32.9 Å². The molecule has 0 heterocycles. The number of carbonyl (C=O) groups is 1. The summed E-state index contributed by atoms with van der Waals surface area (Å²) >= 11 is 0. The number of para-hydroxylation sites is 1. The van der Waals surface area contributed by atoms with Crippen molar-refractivity contribution in [2.45, 2.75) is 33.2 Å². The van der Waals surface area contributed by atoms with Gasteiger partial charge in [-0.1, -0.05) is 6.07 Å². The Hall–Kier alpha value is -2.31. The van der Waals surface area contributed by atoms with Crippen molar-refractivity contribution in [3.05, 3.63) is 28.3 Å². The van der Waals surface area contributed by atoms with Gasteiger partial charge in [-0.25, -0.2) is 0 Å². The number of benzene rings is 1. The van der Waals surface area contributed by atoms with Crippen molar-refractivity contribution in [3.8, 4) is 5.75 Å². The fourth-order valence-electron chi connectivity index (χ4n) is 2.07. The lowest BCUT2D eigenvalue weighted by molar-refractivity contribution is -0.385. The lowest BCUT2D eigenvalue weighted by Crippen LogP contribution is -2.33. The van der Waals surface area contributed by atoms with E-state index in [1.165, 1.54) is 0 Å². The number of anilines is 1. The highest BCUT2D eigenvalue weighted by molar-refractivity contribution is 5.72. The maximum Gasteiger partial charge on any atom is 0.333 e. The molecule has 0 fully saturated rings. The van der Waals surface area contributed by atoms with Crippen LogP contribution in [0.5, 0.6) is 5.75 Å². The van der Waals surface area contributed by atoms with E-state index in [-0.39, 0.29) is 30.4 Å². The first-order valence-corrected chi connectivity index (χ1v) is 6.77. The minimum Gasteiger partial charge on any atom is -0.487 e. The molecule has 7 heteroatoms. The molecule has 116 valence electrons. The quantitative estimate of drug-likeness (QED) is 0.585. The number of aliphatic carboxylic acids is 1. The molecule has 0 saturated heterocycles. The molecule has 0 radical (unpaired) electrons. The number of nitrogens with zero attached hydrogens (tertiary/aromatic N) is 2. The van der Waals surface area contributed by atoms with Gasteiger partial charge in [0.05, 0.1) is 18.0 Å². The van der Waals surface area contributed by atoms with Gasteiger partial charge in [0.15, 0.2) is 5.75 Å². The van der Waals surface area contributed by atoms with Crippen molar-refractivity contribution in [2.75, 3.05) is 18.1 Å². The third-order valence-corrected chi connectivity index (χ3v) is 2.96. The summed E-state index contributed by atoms with van der Waals surface area (Å²) in [6.07, 6.45) is -0.0891. The molecule has 0 aliphatic heterocycles. The third kappa shape index (κ3) is 4.34. The lowest BCUT2D eigenvalue weighted by atomic mass is 10.1. The molecule has 0 aliphatic carbocycles. The van der Waals surface area contributed by atoms with E-state index < -0.39 is 10.9 Å². The van der Waals surface area contributed by atoms with Gasteiger partial charge >= 0.3 is 11.7 Å². The van der Waals surface area contributed by atoms with E-state index in [0.29, 0.717) is 12.3 Å². The molecule has 1 N–H and O–H groups in total. The number of nitro benzene ring substituents is 1. The Balaban J connectivity index is 3.26. The molecule has 21 heavy (non-hydrogen) atoms. The van der Waals surface area contributed by atoms with Crippen molar-refractivity contribution in [2.24, 2.45) is 0 Å². The van der Waals surface area contributed by atoms with Gasteiger partial charge in [0.1, 0.15) is 5.69 Å². The highest BCUT2D eigenvalue weighted by atomic mass is 16.6. The first-order chi connectivity index (χ1) is 9.88. The van der Waals surface area contributed by atoms with Crippen LogP contribution in [0.25, 0.3) is 0 Å². The van der Waals surface area contributed by atoms with Crippen LogP contribution >= 0.6 is 0 Å². The summed E-state index contributed by atoms with van der Waals surface area (Å²) in [5.74, 6) is -0.745. The van der Waals surface area contributed by atoms with Crippen LogP contribution < -0.4 is 9.64 Å². The van der Waals surface area contributed by atoms with E-state index in [2.05, 4.69) is 0 Å². The summed E-state index contributed by atoms with van der Waals surface area (Å²) in [4.78, 5) is 23.3. The van der Waals surface area contributed by atoms with Gasteiger partial charge in [-0.2, -0.15) is 0 Å². The number of hydrogen-bond donors (Lipinski definition) is 1. The summed E-state index contributed by atoms with van der Waals surface area (Å²) in [7, 11) is 0. The molecule has 0 amide bonds. The Morgan fingerprint density at radius 1 is 1.48 bits per heavy atom. The topological polar surface area (TPSA) is 92.9 Å². The second kappa shape index (κ2) is 7.47. The zero-order valence-corrected chi connectivity index (χ0v) is 12.4. The van der Waals surface area contributed by atoms with Crippen LogP contribution in [0, 0.1) is 10.1 Å². The molecule has 0 atom stereocenters. The van der Waals surface area contributed by atoms with Gasteiger partial charge in [-0.3, -0.25) is 14.9 Å². The Morgan fingerprint density at radius 3 is 2.62 bits per heavy atom. The lowest BCUT2D eigenvalue weighted by Gasteiger charge is -2.28. The van der Waals surface area contributed by atoms with Crippen LogP contribution in [-0.2, 0) is 4.79 Å². The summed E-state index contributed by atoms with van der Waals surface area (Å²) < 4.78 is 5.31. The second-order valence-corrected chi connectivity index (χ2v) is 4.74.